The standard InChI is InChI=1S/C14H16N2O4S/c1-3-20-10-6-4-9(5-7-10)15-14-16(2)13(19)11(21-14)8-12(17)18/h4-7,11H,3,8H2,1-2H3,(H,17,18)/t11-/m1/s1. The molecule has 112 valence electrons. The topological polar surface area (TPSA) is 79.2 Å². The highest BCUT2D eigenvalue weighted by Crippen LogP contribution is 2.30. The van der Waals surface area contributed by atoms with Crippen LogP contribution in [-0.4, -0.2) is 46.0 Å². The molecule has 21 heavy (non-hydrogen) atoms. The molecule has 1 amide bonds. The summed E-state index contributed by atoms with van der Waals surface area (Å²) in [6, 6.07) is 7.20. The van der Waals surface area contributed by atoms with E-state index in [1.54, 1.807) is 31.3 Å². The maximum absolute atomic E-state index is 11.9. The van der Waals surface area contributed by atoms with Crippen LogP contribution in [0.25, 0.3) is 0 Å². The lowest BCUT2D eigenvalue weighted by Crippen LogP contribution is -2.28. The Kier molecular flexibility index (Phi) is 4.85. The Labute approximate surface area is 126 Å². The van der Waals surface area contributed by atoms with E-state index in [0.717, 1.165) is 5.75 Å². The van der Waals surface area contributed by atoms with Crippen molar-refractivity contribution >= 4 is 34.5 Å². The third kappa shape index (κ3) is 3.75. The molecule has 0 aliphatic carbocycles. The van der Waals surface area contributed by atoms with Gasteiger partial charge in [0, 0.05) is 7.05 Å². The van der Waals surface area contributed by atoms with Gasteiger partial charge in [0.1, 0.15) is 11.0 Å². The number of hydrogen-bond acceptors (Lipinski definition) is 5. The number of thioether (sulfide) groups is 1. The molecule has 1 aliphatic heterocycles. The van der Waals surface area contributed by atoms with Crippen molar-refractivity contribution in [2.45, 2.75) is 18.6 Å². The third-order valence-electron chi connectivity index (χ3n) is 2.87. The highest BCUT2D eigenvalue weighted by molar-refractivity contribution is 8.15. The van der Waals surface area contributed by atoms with Crippen molar-refractivity contribution in [1.29, 1.82) is 0 Å². The van der Waals surface area contributed by atoms with Crippen LogP contribution < -0.4 is 4.74 Å². The predicted molar refractivity (Wildman–Crippen MR) is 81.1 cm³/mol. The number of carboxylic acids is 1. The zero-order valence-corrected chi connectivity index (χ0v) is 12.6. The molecule has 0 aromatic heterocycles. The first kappa shape index (κ1) is 15.4. The van der Waals surface area contributed by atoms with E-state index in [1.165, 1.54) is 16.7 Å². The number of nitrogens with zero attached hydrogens (tertiary/aromatic N) is 2. The van der Waals surface area contributed by atoms with Crippen molar-refractivity contribution in [1.82, 2.24) is 4.90 Å². The molecule has 1 N–H and O–H groups in total. The van der Waals surface area contributed by atoms with E-state index in [-0.39, 0.29) is 12.3 Å². The van der Waals surface area contributed by atoms with Gasteiger partial charge >= 0.3 is 5.97 Å². The predicted octanol–water partition coefficient (Wildman–Crippen LogP) is 2.12. The van der Waals surface area contributed by atoms with Gasteiger partial charge in [0.15, 0.2) is 5.17 Å². The summed E-state index contributed by atoms with van der Waals surface area (Å²) >= 11 is 1.18. The molecule has 1 saturated heterocycles. The van der Waals surface area contributed by atoms with E-state index in [1.807, 2.05) is 6.92 Å². The molecule has 1 atom stereocenters. The Morgan fingerprint density at radius 3 is 2.67 bits per heavy atom. The molecule has 0 bridgehead atoms. The van der Waals surface area contributed by atoms with Crippen molar-refractivity contribution < 1.29 is 19.4 Å². The van der Waals surface area contributed by atoms with Gasteiger partial charge in [-0.1, -0.05) is 11.8 Å². The van der Waals surface area contributed by atoms with Crippen molar-refractivity contribution in [3.05, 3.63) is 24.3 Å². The van der Waals surface area contributed by atoms with E-state index in [2.05, 4.69) is 4.99 Å². The molecule has 1 heterocycles. The number of ether oxygens (including phenoxy) is 1. The van der Waals surface area contributed by atoms with Crippen molar-refractivity contribution in [2.75, 3.05) is 13.7 Å². The minimum Gasteiger partial charge on any atom is -0.494 e. The minimum absolute atomic E-state index is 0.198. The van der Waals surface area contributed by atoms with Gasteiger partial charge in [-0.05, 0) is 31.2 Å². The second-order valence-corrected chi connectivity index (χ2v) is 5.59. The Balaban J connectivity index is 2.13. The summed E-state index contributed by atoms with van der Waals surface area (Å²) in [5.41, 5.74) is 0.691. The zero-order valence-electron chi connectivity index (χ0n) is 11.8. The number of amides is 1. The maximum atomic E-state index is 11.9. The fraction of sp³-hybridized carbons (Fsp3) is 0.357. The zero-order chi connectivity index (χ0) is 15.4. The number of carbonyl (C=O) groups is 2. The molecule has 0 unspecified atom stereocenters. The molecule has 1 fully saturated rings. The van der Waals surface area contributed by atoms with Crippen LogP contribution >= 0.6 is 11.8 Å². The lowest BCUT2D eigenvalue weighted by molar-refractivity contribution is -0.139. The van der Waals surface area contributed by atoms with Crippen LogP contribution in [0.15, 0.2) is 29.3 Å². The normalized spacial score (nSPS) is 20.1. The van der Waals surface area contributed by atoms with Crippen LogP contribution in [0.5, 0.6) is 5.75 Å². The van der Waals surface area contributed by atoms with Crippen molar-refractivity contribution in [2.24, 2.45) is 4.99 Å². The number of amidine groups is 1. The fourth-order valence-electron chi connectivity index (χ4n) is 1.85. The number of benzene rings is 1. The van der Waals surface area contributed by atoms with Gasteiger partial charge in [0.05, 0.1) is 18.7 Å². The van der Waals surface area contributed by atoms with Gasteiger partial charge in [-0.3, -0.25) is 14.5 Å². The average Bonchev–Trinajstić information content (AvgIpc) is 2.69. The highest BCUT2D eigenvalue weighted by Gasteiger charge is 2.36. The number of aliphatic imine (C=N–C) groups is 1. The minimum atomic E-state index is -0.989. The monoisotopic (exact) mass is 308 g/mol. The van der Waals surface area contributed by atoms with Gasteiger partial charge in [-0.15, -0.1) is 0 Å². The second kappa shape index (κ2) is 6.62. The summed E-state index contributed by atoms with van der Waals surface area (Å²) in [5, 5.41) is 8.70. The van der Waals surface area contributed by atoms with E-state index >= 15 is 0 Å². The van der Waals surface area contributed by atoms with E-state index in [0.29, 0.717) is 17.5 Å². The Morgan fingerprint density at radius 1 is 1.43 bits per heavy atom. The Morgan fingerprint density at radius 2 is 2.10 bits per heavy atom. The smallest absolute Gasteiger partial charge is 0.305 e. The Bertz CT molecular complexity index is 571. The first-order valence-corrected chi connectivity index (χ1v) is 7.36. The van der Waals surface area contributed by atoms with E-state index in [9.17, 15) is 9.59 Å². The SMILES string of the molecule is CCOc1ccc(N=C2S[C@H](CC(=O)O)C(=O)N2C)cc1. The second-order valence-electron chi connectivity index (χ2n) is 4.42. The first-order chi connectivity index (χ1) is 10.0. The summed E-state index contributed by atoms with van der Waals surface area (Å²) in [7, 11) is 1.60. The third-order valence-corrected chi connectivity index (χ3v) is 4.10. The summed E-state index contributed by atoms with van der Waals surface area (Å²) in [5.74, 6) is -0.461. The summed E-state index contributed by atoms with van der Waals surface area (Å²) < 4.78 is 5.35. The lowest BCUT2D eigenvalue weighted by atomic mass is 10.3. The molecule has 0 saturated carbocycles. The molecule has 1 aliphatic rings. The van der Waals surface area contributed by atoms with E-state index < -0.39 is 11.2 Å². The van der Waals surface area contributed by atoms with Gasteiger partial charge in [-0.2, -0.15) is 0 Å². The largest absolute Gasteiger partial charge is 0.494 e. The number of carboxylic acid groups (broad SMARTS) is 1. The average molecular weight is 308 g/mol. The van der Waals surface area contributed by atoms with Gasteiger partial charge in [-0.25, -0.2) is 4.99 Å². The molecule has 1 aromatic rings. The molecule has 7 heteroatoms. The van der Waals surface area contributed by atoms with Gasteiger partial charge in [0.2, 0.25) is 5.91 Å². The molecule has 2 rings (SSSR count). The lowest BCUT2D eigenvalue weighted by Gasteiger charge is -2.08. The molecular formula is C14H16N2O4S. The molecule has 0 spiro atoms. The molecule has 1 aromatic carbocycles. The van der Waals surface area contributed by atoms with Gasteiger partial charge < -0.3 is 9.84 Å². The molecular weight excluding hydrogens is 292 g/mol. The van der Waals surface area contributed by atoms with Crippen LogP contribution in [0, 0.1) is 0 Å². The van der Waals surface area contributed by atoms with E-state index in [4.69, 9.17) is 9.84 Å². The Hall–Kier alpha value is -2.02. The number of aliphatic carboxylic acids is 1. The van der Waals surface area contributed by atoms with Crippen LogP contribution in [0.3, 0.4) is 0 Å². The first-order valence-electron chi connectivity index (χ1n) is 6.49. The van der Waals surface area contributed by atoms with Crippen LogP contribution in [-0.2, 0) is 9.59 Å². The number of carbonyl (C=O) groups excluding carboxylic acids is 1. The van der Waals surface area contributed by atoms with Crippen LogP contribution in [0.1, 0.15) is 13.3 Å². The number of hydrogen-bond donors (Lipinski definition) is 1. The quantitative estimate of drug-likeness (QED) is 0.901. The van der Waals surface area contributed by atoms with Gasteiger partial charge in [0.25, 0.3) is 0 Å². The van der Waals surface area contributed by atoms with Crippen LogP contribution in [0.2, 0.25) is 0 Å². The summed E-state index contributed by atoms with van der Waals surface area (Å²) in [6.45, 7) is 2.50. The van der Waals surface area contributed by atoms with Crippen molar-refractivity contribution in [3.63, 3.8) is 0 Å². The fourth-order valence-corrected chi connectivity index (χ4v) is 3.00. The summed E-state index contributed by atoms with van der Waals surface area (Å²) in [4.78, 5) is 28.4. The number of rotatable bonds is 5. The molecule has 0 radical (unpaired) electrons. The van der Waals surface area contributed by atoms with Crippen molar-refractivity contribution in [3.8, 4) is 5.75 Å². The molecule has 6 nitrogen and oxygen atoms in total. The summed E-state index contributed by atoms with van der Waals surface area (Å²) in [6.07, 6.45) is -0.198. The highest BCUT2D eigenvalue weighted by atomic mass is 32.2. The maximum Gasteiger partial charge on any atom is 0.305 e. The van der Waals surface area contributed by atoms with Crippen LogP contribution in [0.4, 0.5) is 5.69 Å².